The van der Waals surface area contributed by atoms with Crippen molar-refractivity contribution in [2.45, 2.75) is 24.5 Å². The smallest absolute Gasteiger partial charge is 0.248 e. The summed E-state index contributed by atoms with van der Waals surface area (Å²) in [5, 5.41) is 5.42. The summed E-state index contributed by atoms with van der Waals surface area (Å²) >= 11 is 1.21. The molecule has 0 bridgehead atoms. The van der Waals surface area contributed by atoms with E-state index in [-0.39, 0.29) is 9.99 Å². The highest BCUT2D eigenvalue weighted by atomic mass is 32.2. The van der Waals surface area contributed by atoms with Gasteiger partial charge >= 0.3 is 0 Å². The standard InChI is InChI=1S/C19H21N3O3S2/c1-12(2)10-15-11-16(19(26-15)27(20,24)25)13-4-6-14(7-5-13)17(23)18-21-8-9-22(18)3/h4-9,11-12H,10H2,1-3H3,(H2,20,24,25). The number of carbonyl (C=O) groups is 1. The van der Waals surface area contributed by atoms with Gasteiger partial charge in [0.05, 0.1) is 0 Å². The third-order valence-electron chi connectivity index (χ3n) is 4.10. The molecule has 0 atom stereocenters. The van der Waals surface area contributed by atoms with Gasteiger partial charge in [0.1, 0.15) is 4.21 Å². The maximum absolute atomic E-state index is 12.5. The SMILES string of the molecule is CC(C)Cc1cc(-c2ccc(C(=O)c3nccn3C)cc2)c(S(N)(=O)=O)s1. The van der Waals surface area contributed by atoms with Crippen LogP contribution in [-0.2, 0) is 23.5 Å². The van der Waals surface area contributed by atoms with E-state index >= 15 is 0 Å². The monoisotopic (exact) mass is 403 g/mol. The Balaban J connectivity index is 1.99. The Bertz CT molecular complexity index is 1080. The molecule has 3 aromatic rings. The van der Waals surface area contributed by atoms with Crippen molar-refractivity contribution in [3.8, 4) is 11.1 Å². The van der Waals surface area contributed by atoms with Crippen LogP contribution in [0.1, 0.15) is 34.9 Å². The number of sulfonamides is 1. The minimum Gasteiger partial charge on any atom is -0.331 e. The highest BCUT2D eigenvalue weighted by Gasteiger charge is 2.21. The number of rotatable bonds is 6. The van der Waals surface area contributed by atoms with E-state index < -0.39 is 10.0 Å². The molecule has 1 aromatic carbocycles. The van der Waals surface area contributed by atoms with E-state index in [9.17, 15) is 13.2 Å². The second-order valence-corrected chi connectivity index (χ2v) is 9.72. The first kappa shape index (κ1) is 19.5. The van der Waals surface area contributed by atoms with Gasteiger partial charge in [-0.2, -0.15) is 0 Å². The Morgan fingerprint density at radius 1 is 1.26 bits per heavy atom. The number of benzene rings is 1. The minimum absolute atomic E-state index is 0.154. The van der Waals surface area contributed by atoms with Gasteiger partial charge in [-0.05, 0) is 24.0 Å². The zero-order valence-corrected chi connectivity index (χ0v) is 17.0. The first-order chi connectivity index (χ1) is 12.7. The van der Waals surface area contributed by atoms with Gasteiger partial charge in [-0.1, -0.05) is 38.1 Å². The summed E-state index contributed by atoms with van der Waals surface area (Å²) in [7, 11) is -2.07. The predicted molar refractivity (Wildman–Crippen MR) is 106 cm³/mol. The Labute approximate surface area is 162 Å². The van der Waals surface area contributed by atoms with Crippen molar-refractivity contribution < 1.29 is 13.2 Å². The van der Waals surface area contributed by atoms with Crippen LogP contribution in [0, 0.1) is 5.92 Å². The van der Waals surface area contributed by atoms with Crippen molar-refractivity contribution in [1.29, 1.82) is 0 Å². The lowest BCUT2D eigenvalue weighted by atomic mass is 10.0. The summed E-state index contributed by atoms with van der Waals surface area (Å²) in [6, 6.07) is 8.72. The molecular weight excluding hydrogens is 382 g/mol. The fraction of sp³-hybridized carbons (Fsp3) is 0.263. The summed E-state index contributed by atoms with van der Waals surface area (Å²) in [6.07, 6.45) is 4.06. The molecule has 2 heterocycles. The van der Waals surface area contributed by atoms with Crippen molar-refractivity contribution in [2.24, 2.45) is 18.1 Å². The number of aryl methyl sites for hydroxylation is 1. The number of nitrogens with two attached hydrogens (primary N) is 1. The van der Waals surface area contributed by atoms with Gasteiger partial charge in [0.25, 0.3) is 0 Å². The molecule has 0 aliphatic heterocycles. The summed E-state index contributed by atoms with van der Waals surface area (Å²) in [6.45, 7) is 4.15. The van der Waals surface area contributed by atoms with Gasteiger partial charge in [-0.25, -0.2) is 18.5 Å². The summed E-state index contributed by atoms with van der Waals surface area (Å²) in [5.41, 5.74) is 1.78. The van der Waals surface area contributed by atoms with Crippen LogP contribution in [0.25, 0.3) is 11.1 Å². The highest BCUT2D eigenvalue weighted by molar-refractivity contribution is 7.91. The minimum atomic E-state index is -3.83. The molecule has 0 spiro atoms. The van der Waals surface area contributed by atoms with Crippen LogP contribution < -0.4 is 5.14 Å². The molecule has 8 heteroatoms. The van der Waals surface area contributed by atoms with E-state index in [4.69, 9.17) is 5.14 Å². The van der Waals surface area contributed by atoms with Gasteiger partial charge in [0, 0.05) is 35.4 Å². The number of ketones is 1. The number of imidazole rings is 1. The Kier molecular flexibility index (Phi) is 5.32. The van der Waals surface area contributed by atoms with E-state index in [1.807, 2.05) is 6.07 Å². The lowest BCUT2D eigenvalue weighted by molar-refractivity contribution is 0.102. The number of hydrogen-bond acceptors (Lipinski definition) is 5. The van der Waals surface area contributed by atoms with Crippen molar-refractivity contribution in [2.75, 3.05) is 0 Å². The first-order valence-electron chi connectivity index (χ1n) is 8.44. The molecule has 2 aromatic heterocycles. The molecule has 2 N–H and O–H groups in total. The summed E-state index contributed by atoms with van der Waals surface area (Å²) in [4.78, 5) is 17.6. The zero-order chi connectivity index (χ0) is 19.8. The molecule has 27 heavy (non-hydrogen) atoms. The molecule has 0 fully saturated rings. The predicted octanol–water partition coefficient (Wildman–Crippen LogP) is 3.23. The van der Waals surface area contributed by atoms with E-state index in [0.717, 1.165) is 11.3 Å². The highest BCUT2D eigenvalue weighted by Crippen LogP contribution is 2.35. The molecule has 0 aliphatic rings. The van der Waals surface area contributed by atoms with Gasteiger partial charge in [-0.15, -0.1) is 11.3 Å². The van der Waals surface area contributed by atoms with Crippen molar-refractivity contribution >= 4 is 27.1 Å². The third kappa shape index (κ3) is 4.18. The number of hydrogen-bond donors (Lipinski definition) is 1. The van der Waals surface area contributed by atoms with Gasteiger partial charge < -0.3 is 4.57 Å². The Morgan fingerprint density at radius 3 is 2.44 bits per heavy atom. The van der Waals surface area contributed by atoms with Crippen LogP contribution >= 0.6 is 11.3 Å². The molecule has 0 saturated carbocycles. The average Bonchev–Trinajstić information content (AvgIpc) is 3.20. The van der Waals surface area contributed by atoms with E-state index in [0.29, 0.717) is 28.4 Å². The quantitative estimate of drug-likeness (QED) is 0.639. The lowest BCUT2D eigenvalue weighted by Gasteiger charge is -2.05. The Morgan fingerprint density at radius 2 is 1.93 bits per heavy atom. The first-order valence-corrected chi connectivity index (χ1v) is 10.8. The summed E-state index contributed by atoms with van der Waals surface area (Å²) in [5.74, 6) is 0.567. The van der Waals surface area contributed by atoms with Crippen LogP contribution in [-0.4, -0.2) is 23.8 Å². The Hall–Kier alpha value is -2.29. The molecular formula is C19H21N3O3S2. The third-order valence-corrected chi connectivity index (χ3v) is 6.73. The number of carbonyl (C=O) groups excluding carboxylic acids is 1. The normalized spacial score (nSPS) is 11.9. The molecule has 0 aliphatic carbocycles. The zero-order valence-electron chi connectivity index (χ0n) is 15.3. The van der Waals surface area contributed by atoms with E-state index in [2.05, 4.69) is 18.8 Å². The molecule has 0 radical (unpaired) electrons. The van der Waals surface area contributed by atoms with Crippen LogP contribution in [0.4, 0.5) is 0 Å². The van der Waals surface area contributed by atoms with Crippen molar-refractivity contribution in [3.05, 3.63) is 59.0 Å². The van der Waals surface area contributed by atoms with E-state index in [1.54, 1.807) is 48.3 Å². The average molecular weight is 404 g/mol. The van der Waals surface area contributed by atoms with Crippen LogP contribution in [0.15, 0.2) is 46.9 Å². The second-order valence-electron chi connectivity index (χ2n) is 6.83. The molecule has 142 valence electrons. The fourth-order valence-electron chi connectivity index (χ4n) is 2.85. The van der Waals surface area contributed by atoms with Crippen molar-refractivity contribution in [1.82, 2.24) is 9.55 Å². The van der Waals surface area contributed by atoms with E-state index in [1.165, 1.54) is 11.3 Å². The maximum Gasteiger partial charge on any atom is 0.248 e. The second kappa shape index (κ2) is 7.38. The number of thiophene rings is 1. The molecule has 0 unspecified atom stereocenters. The lowest BCUT2D eigenvalue weighted by Crippen LogP contribution is -2.11. The molecule has 3 rings (SSSR count). The van der Waals surface area contributed by atoms with Gasteiger partial charge in [-0.3, -0.25) is 4.79 Å². The van der Waals surface area contributed by atoms with Gasteiger partial charge in [0.2, 0.25) is 15.8 Å². The topological polar surface area (TPSA) is 95.0 Å². The number of primary sulfonamides is 1. The van der Waals surface area contributed by atoms with Gasteiger partial charge in [0.15, 0.2) is 5.82 Å². The number of aromatic nitrogens is 2. The van der Waals surface area contributed by atoms with Crippen LogP contribution in [0.2, 0.25) is 0 Å². The van der Waals surface area contributed by atoms with Crippen molar-refractivity contribution in [3.63, 3.8) is 0 Å². The molecule has 6 nitrogen and oxygen atoms in total. The fourth-order valence-corrected chi connectivity index (χ4v) is 5.24. The maximum atomic E-state index is 12.5. The largest absolute Gasteiger partial charge is 0.331 e. The number of nitrogens with zero attached hydrogens (tertiary/aromatic N) is 2. The van der Waals surface area contributed by atoms with Crippen LogP contribution in [0.5, 0.6) is 0 Å². The molecule has 0 saturated heterocycles. The summed E-state index contributed by atoms with van der Waals surface area (Å²) < 4.78 is 25.8. The molecule has 0 amide bonds. The van der Waals surface area contributed by atoms with Crippen LogP contribution in [0.3, 0.4) is 0 Å².